The first kappa shape index (κ1) is 15.0. The molecule has 4 atom stereocenters. The van der Waals surface area contributed by atoms with E-state index >= 15 is 0 Å². The smallest absolute Gasteiger partial charge is 0.0509 e. The van der Waals surface area contributed by atoms with Crippen molar-refractivity contribution in [3.8, 4) is 0 Å². The number of hydrogen-bond acceptors (Lipinski definition) is 4. The van der Waals surface area contributed by atoms with Crippen molar-refractivity contribution in [2.75, 3.05) is 31.3 Å². The number of rotatable bonds is 5. The van der Waals surface area contributed by atoms with Gasteiger partial charge in [-0.2, -0.15) is 23.5 Å². The van der Waals surface area contributed by atoms with E-state index in [1.54, 1.807) is 0 Å². The minimum Gasteiger partial charge on any atom is -0.381 e. The quantitative estimate of drug-likeness (QED) is 0.839. The summed E-state index contributed by atoms with van der Waals surface area (Å²) in [5.74, 6) is 3.38. The zero-order chi connectivity index (χ0) is 12.8. The second kappa shape index (κ2) is 8.03. The molecule has 2 fully saturated rings. The molecule has 2 aliphatic heterocycles. The van der Waals surface area contributed by atoms with Gasteiger partial charge in [0.2, 0.25) is 0 Å². The van der Waals surface area contributed by atoms with Gasteiger partial charge in [0.15, 0.2) is 0 Å². The molecule has 2 heterocycles. The van der Waals surface area contributed by atoms with Gasteiger partial charge in [0.05, 0.1) is 6.61 Å². The molecule has 18 heavy (non-hydrogen) atoms. The SMILES string of the molecule is CCNC(C1CCCOC1)C1SCCSC1CC. The summed E-state index contributed by atoms with van der Waals surface area (Å²) in [6.45, 7) is 7.60. The average molecular weight is 290 g/mol. The summed E-state index contributed by atoms with van der Waals surface area (Å²) in [5, 5.41) is 5.38. The molecule has 4 unspecified atom stereocenters. The Morgan fingerprint density at radius 3 is 2.78 bits per heavy atom. The molecule has 2 nitrogen and oxygen atoms in total. The summed E-state index contributed by atoms with van der Waals surface area (Å²) in [6, 6.07) is 0.651. The van der Waals surface area contributed by atoms with Crippen LogP contribution in [0, 0.1) is 5.92 Å². The summed E-state index contributed by atoms with van der Waals surface area (Å²) in [5.41, 5.74) is 0. The number of thioether (sulfide) groups is 2. The lowest BCUT2D eigenvalue weighted by atomic mass is 9.89. The molecule has 0 aromatic carbocycles. The van der Waals surface area contributed by atoms with E-state index in [4.69, 9.17) is 4.74 Å². The van der Waals surface area contributed by atoms with Gasteiger partial charge in [-0.25, -0.2) is 0 Å². The Morgan fingerprint density at radius 2 is 2.11 bits per heavy atom. The van der Waals surface area contributed by atoms with E-state index in [0.717, 1.165) is 36.2 Å². The van der Waals surface area contributed by atoms with E-state index in [2.05, 4.69) is 42.7 Å². The lowest BCUT2D eigenvalue weighted by Gasteiger charge is -2.41. The van der Waals surface area contributed by atoms with Gasteiger partial charge in [0, 0.05) is 34.7 Å². The van der Waals surface area contributed by atoms with Crippen LogP contribution in [0.2, 0.25) is 0 Å². The lowest BCUT2D eigenvalue weighted by molar-refractivity contribution is 0.0390. The molecule has 1 N–H and O–H groups in total. The van der Waals surface area contributed by atoms with Gasteiger partial charge in [-0.15, -0.1) is 0 Å². The number of ether oxygens (including phenoxy) is 1. The Balaban J connectivity index is 2.01. The molecule has 0 aromatic heterocycles. The Labute approximate surface area is 120 Å². The maximum absolute atomic E-state index is 5.71. The van der Waals surface area contributed by atoms with Gasteiger partial charge in [-0.05, 0) is 31.7 Å². The van der Waals surface area contributed by atoms with Crippen LogP contribution in [0.3, 0.4) is 0 Å². The van der Waals surface area contributed by atoms with Gasteiger partial charge in [0.1, 0.15) is 0 Å². The third-order valence-corrected chi connectivity index (χ3v) is 7.36. The second-order valence-electron chi connectivity index (χ2n) is 5.21. The Hall–Kier alpha value is 0.620. The highest BCUT2D eigenvalue weighted by Gasteiger charge is 2.36. The van der Waals surface area contributed by atoms with E-state index in [9.17, 15) is 0 Å². The monoisotopic (exact) mass is 289 g/mol. The standard InChI is InChI=1S/C14H27NOS2/c1-3-12-14(18-9-8-17-12)13(15-4-2)11-6-5-7-16-10-11/h11-15H,3-10H2,1-2H3. The maximum Gasteiger partial charge on any atom is 0.0509 e. The van der Waals surface area contributed by atoms with Gasteiger partial charge >= 0.3 is 0 Å². The highest BCUT2D eigenvalue weighted by atomic mass is 32.2. The van der Waals surface area contributed by atoms with Crippen LogP contribution in [0.5, 0.6) is 0 Å². The van der Waals surface area contributed by atoms with Crippen LogP contribution in [0.25, 0.3) is 0 Å². The first-order valence-corrected chi connectivity index (χ1v) is 9.50. The lowest BCUT2D eigenvalue weighted by Crippen LogP contribution is -2.51. The predicted octanol–water partition coefficient (Wildman–Crippen LogP) is 3.02. The van der Waals surface area contributed by atoms with E-state index < -0.39 is 0 Å². The van der Waals surface area contributed by atoms with Gasteiger partial charge in [0.25, 0.3) is 0 Å². The average Bonchev–Trinajstić information content (AvgIpc) is 2.46. The fraction of sp³-hybridized carbons (Fsp3) is 1.00. The molecule has 2 aliphatic rings. The summed E-state index contributed by atoms with van der Waals surface area (Å²) in [7, 11) is 0. The second-order valence-corrected chi connectivity index (χ2v) is 7.85. The molecule has 0 aliphatic carbocycles. The molecule has 4 heteroatoms. The zero-order valence-corrected chi connectivity index (χ0v) is 13.3. The van der Waals surface area contributed by atoms with E-state index in [1.165, 1.54) is 30.8 Å². The summed E-state index contributed by atoms with van der Waals surface area (Å²) in [4.78, 5) is 0. The molecule has 0 radical (unpaired) electrons. The Morgan fingerprint density at radius 1 is 1.28 bits per heavy atom. The molecule has 106 valence electrons. The van der Waals surface area contributed by atoms with Crippen LogP contribution in [0.1, 0.15) is 33.1 Å². The van der Waals surface area contributed by atoms with E-state index in [1.807, 2.05) is 0 Å². The van der Waals surface area contributed by atoms with Crippen molar-refractivity contribution < 1.29 is 4.74 Å². The predicted molar refractivity (Wildman–Crippen MR) is 83.8 cm³/mol. The summed E-state index contributed by atoms with van der Waals surface area (Å²) >= 11 is 4.39. The van der Waals surface area contributed by atoms with Gasteiger partial charge in [-0.1, -0.05) is 13.8 Å². The molecule has 2 rings (SSSR count). The third-order valence-electron chi connectivity index (χ3n) is 3.99. The Bertz CT molecular complexity index is 234. The van der Waals surface area contributed by atoms with Crippen LogP contribution in [0.4, 0.5) is 0 Å². The van der Waals surface area contributed by atoms with Crippen molar-refractivity contribution >= 4 is 23.5 Å². The van der Waals surface area contributed by atoms with E-state index in [0.29, 0.717) is 6.04 Å². The minimum absolute atomic E-state index is 0.651. The first-order chi connectivity index (χ1) is 8.86. The fourth-order valence-electron chi connectivity index (χ4n) is 3.11. The van der Waals surface area contributed by atoms with Crippen LogP contribution < -0.4 is 5.32 Å². The van der Waals surface area contributed by atoms with Crippen LogP contribution >= 0.6 is 23.5 Å². The molecule has 0 spiro atoms. The fourth-order valence-corrected chi connectivity index (χ4v) is 6.45. The Kier molecular flexibility index (Phi) is 6.70. The van der Waals surface area contributed by atoms with Gasteiger partial charge in [-0.3, -0.25) is 0 Å². The summed E-state index contributed by atoms with van der Waals surface area (Å²) < 4.78 is 5.71. The van der Waals surface area contributed by atoms with Crippen molar-refractivity contribution in [2.45, 2.75) is 49.7 Å². The highest BCUT2D eigenvalue weighted by molar-refractivity contribution is 8.07. The minimum atomic E-state index is 0.651. The molecule has 0 saturated carbocycles. The normalized spacial score (nSPS) is 35.3. The summed E-state index contributed by atoms with van der Waals surface area (Å²) in [6.07, 6.45) is 3.89. The molecular weight excluding hydrogens is 262 g/mol. The molecular formula is C14H27NOS2. The van der Waals surface area contributed by atoms with Crippen LogP contribution in [-0.4, -0.2) is 47.8 Å². The largest absolute Gasteiger partial charge is 0.381 e. The van der Waals surface area contributed by atoms with E-state index in [-0.39, 0.29) is 0 Å². The van der Waals surface area contributed by atoms with Crippen molar-refractivity contribution in [1.29, 1.82) is 0 Å². The van der Waals surface area contributed by atoms with Crippen molar-refractivity contribution in [1.82, 2.24) is 5.32 Å². The molecule has 0 amide bonds. The number of hydrogen-bond donors (Lipinski definition) is 1. The topological polar surface area (TPSA) is 21.3 Å². The van der Waals surface area contributed by atoms with Crippen molar-refractivity contribution in [3.63, 3.8) is 0 Å². The third kappa shape index (κ3) is 3.81. The van der Waals surface area contributed by atoms with Crippen molar-refractivity contribution in [2.24, 2.45) is 5.92 Å². The van der Waals surface area contributed by atoms with Crippen LogP contribution in [-0.2, 0) is 4.74 Å². The first-order valence-electron chi connectivity index (χ1n) is 7.41. The zero-order valence-electron chi connectivity index (χ0n) is 11.7. The van der Waals surface area contributed by atoms with Crippen LogP contribution in [0.15, 0.2) is 0 Å². The molecule has 0 aromatic rings. The molecule has 2 saturated heterocycles. The number of nitrogens with one attached hydrogen (secondary N) is 1. The van der Waals surface area contributed by atoms with Gasteiger partial charge < -0.3 is 10.1 Å². The molecule has 0 bridgehead atoms. The highest BCUT2D eigenvalue weighted by Crippen LogP contribution is 2.38. The maximum atomic E-state index is 5.71. The van der Waals surface area contributed by atoms with Crippen molar-refractivity contribution in [3.05, 3.63) is 0 Å².